The van der Waals surface area contributed by atoms with Gasteiger partial charge in [-0.3, -0.25) is 4.98 Å². The fourth-order valence-corrected chi connectivity index (χ4v) is 2.51. The van der Waals surface area contributed by atoms with Crippen molar-refractivity contribution in [3.63, 3.8) is 0 Å². The first-order chi connectivity index (χ1) is 7.25. The number of benzene rings is 1. The number of hydrogen-bond donors (Lipinski definition) is 1. The number of H-pyrrole nitrogens is 1. The number of hydrogen-bond acceptors (Lipinski definition) is 4. The van der Waals surface area contributed by atoms with Gasteiger partial charge >= 0.3 is 11.4 Å². The van der Waals surface area contributed by atoms with Gasteiger partial charge < -0.3 is 0 Å². The van der Waals surface area contributed by atoms with Crippen LogP contribution < -0.4 is 11.4 Å². The normalized spacial score (nSPS) is 11.2. The van der Waals surface area contributed by atoms with Crippen molar-refractivity contribution in [2.45, 2.75) is 0 Å². The second-order valence-electron chi connectivity index (χ2n) is 3.03. The number of para-hydroxylation sites is 1. The van der Waals surface area contributed by atoms with Crippen LogP contribution >= 0.6 is 11.3 Å². The molecule has 0 aliphatic carbocycles. The summed E-state index contributed by atoms with van der Waals surface area (Å²) in [4.78, 5) is 28.9. The molecule has 74 valence electrons. The van der Waals surface area contributed by atoms with E-state index < -0.39 is 11.4 Å². The second-order valence-corrected chi connectivity index (χ2v) is 4.04. The Bertz CT molecular complexity index is 768. The molecule has 5 nitrogen and oxygen atoms in total. The molecule has 1 N–H and O–H groups in total. The van der Waals surface area contributed by atoms with Gasteiger partial charge in [0.25, 0.3) is 0 Å². The lowest BCUT2D eigenvalue weighted by Crippen LogP contribution is -2.27. The van der Waals surface area contributed by atoms with Crippen LogP contribution in [0.3, 0.4) is 0 Å². The van der Waals surface area contributed by atoms with E-state index in [0.29, 0.717) is 4.96 Å². The van der Waals surface area contributed by atoms with Gasteiger partial charge in [0.15, 0.2) is 0 Å². The summed E-state index contributed by atoms with van der Waals surface area (Å²) >= 11 is 1.32. The molecule has 2 heterocycles. The maximum Gasteiger partial charge on any atom is 0.351 e. The first kappa shape index (κ1) is 8.37. The third-order valence-electron chi connectivity index (χ3n) is 2.11. The number of rotatable bonds is 0. The fraction of sp³-hybridized carbons (Fsp3) is 0. The van der Waals surface area contributed by atoms with Crippen LogP contribution in [0.25, 0.3) is 15.2 Å². The Balaban J connectivity index is 2.73. The van der Waals surface area contributed by atoms with E-state index in [2.05, 4.69) is 9.97 Å². The molecule has 6 heteroatoms. The van der Waals surface area contributed by atoms with Crippen molar-refractivity contribution in [3.8, 4) is 0 Å². The molecule has 3 aromatic rings. The van der Waals surface area contributed by atoms with Gasteiger partial charge in [-0.25, -0.2) is 14.0 Å². The van der Waals surface area contributed by atoms with Crippen molar-refractivity contribution in [2.75, 3.05) is 0 Å². The number of nitrogens with one attached hydrogen (secondary N) is 1. The number of fused-ring (bicyclic) bond motifs is 3. The molecule has 0 bridgehead atoms. The molecule has 0 amide bonds. The van der Waals surface area contributed by atoms with E-state index in [1.54, 1.807) is 0 Å². The van der Waals surface area contributed by atoms with Crippen LogP contribution in [-0.2, 0) is 0 Å². The Morgan fingerprint density at radius 3 is 2.93 bits per heavy atom. The smallest absolute Gasteiger partial charge is 0.257 e. The molecule has 0 saturated carbocycles. The summed E-state index contributed by atoms with van der Waals surface area (Å²) in [6, 6.07) is 7.43. The molecule has 0 atom stereocenters. The summed E-state index contributed by atoms with van der Waals surface area (Å²) < 4.78 is 2.34. The zero-order valence-electron chi connectivity index (χ0n) is 7.43. The first-order valence-corrected chi connectivity index (χ1v) is 5.08. The fourth-order valence-electron chi connectivity index (χ4n) is 1.51. The molecule has 0 saturated heterocycles. The maximum absolute atomic E-state index is 11.5. The van der Waals surface area contributed by atoms with Crippen LogP contribution in [0.15, 0.2) is 33.9 Å². The van der Waals surface area contributed by atoms with E-state index in [1.165, 1.54) is 15.7 Å². The average Bonchev–Trinajstić information content (AvgIpc) is 2.54. The number of thiazole rings is 1. The van der Waals surface area contributed by atoms with Crippen molar-refractivity contribution >= 4 is 26.5 Å². The van der Waals surface area contributed by atoms with Gasteiger partial charge in [-0.1, -0.05) is 23.5 Å². The summed E-state index contributed by atoms with van der Waals surface area (Å²) in [7, 11) is 0. The van der Waals surface area contributed by atoms with Crippen molar-refractivity contribution in [1.29, 1.82) is 0 Å². The predicted molar refractivity (Wildman–Crippen MR) is 57.5 cm³/mol. The standard InChI is InChI=1S/C9H5N3O2S/c13-7-10-8(14)12-5-3-1-2-4-6(5)15-9(12)11-7/h1-4H,(H,10,13,14). The molecule has 0 spiro atoms. The SMILES string of the molecule is O=c1nc2sc3ccccc3n2c(=O)[nH]1. The highest BCUT2D eigenvalue weighted by Crippen LogP contribution is 2.21. The number of aromatic nitrogens is 3. The molecule has 1 aromatic carbocycles. The van der Waals surface area contributed by atoms with Crippen molar-refractivity contribution in [2.24, 2.45) is 0 Å². The lowest BCUT2D eigenvalue weighted by atomic mass is 10.3. The van der Waals surface area contributed by atoms with Gasteiger partial charge in [-0.05, 0) is 12.1 Å². The van der Waals surface area contributed by atoms with E-state index in [4.69, 9.17) is 0 Å². The summed E-state index contributed by atoms with van der Waals surface area (Å²) in [5, 5.41) is 0. The molecule has 2 aromatic heterocycles. The first-order valence-electron chi connectivity index (χ1n) is 4.26. The van der Waals surface area contributed by atoms with E-state index in [-0.39, 0.29) is 0 Å². The van der Waals surface area contributed by atoms with E-state index in [1.807, 2.05) is 24.3 Å². The molecule has 0 fully saturated rings. The van der Waals surface area contributed by atoms with Crippen LogP contribution in [0.1, 0.15) is 0 Å². The third-order valence-corrected chi connectivity index (χ3v) is 3.13. The summed E-state index contributed by atoms with van der Waals surface area (Å²) in [6.45, 7) is 0. The molecule has 3 rings (SSSR count). The zero-order valence-corrected chi connectivity index (χ0v) is 8.25. The largest absolute Gasteiger partial charge is 0.351 e. The van der Waals surface area contributed by atoms with Gasteiger partial charge in [-0.15, -0.1) is 0 Å². The lowest BCUT2D eigenvalue weighted by molar-refractivity contribution is 0.940. The minimum atomic E-state index is -0.605. The highest BCUT2D eigenvalue weighted by atomic mass is 32.1. The highest BCUT2D eigenvalue weighted by Gasteiger charge is 2.07. The van der Waals surface area contributed by atoms with Gasteiger partial charge in [0.2, 0.25) is 4.96 Å². The van der Waals surface area contributed by atoms with E-state index in [9.17, 15) is 9.59 Å². The Kier molecular flexibility index (Phi) is 1.54. The quantitative estimate of drug-likeness (QED) is 0.602. The average molecular weight is 219 g/mol. The van der Waals surface area contributed by atoms with Crippen molar-refractivity contribution in [1.82, 2.24) is 14.4 Å². The minimum Gasteiger partial charge on any atom is -0.257 e. The monoisotopic (exact) mass is 219 g/mol. The Morgan fingerprint density at radius 2 is 2.07 bits per heavy atom. The molecule has 0 aliphatic heterocycles. The van der Waals surface area contributed by atoms with Crippen LogP contribution in [0.4, 0.5) is 0 Å². The molecule has 15 heavy (non-hydrogen) atoms. The van der Waals surface area contributed by atoms with Gasteiger partial charge in [0.1, 0.15) is 0 Å². The Labute approximate surface area is 86.6 Å². The number of aromatic amines is 1. The molecular formula is C9H5N3O2S. The van der Waals surface area contributed by atoms with Crippen molar-refractivity contribution < 1.29 is 0 Å². The van der Waals surface area contributed by atoms with Crippen LogP contribution in [0.5, 0.6) is 0 Å². The van der Waals surface area contributed by atoms with Crippen LogP contribution in [0, 0.1) is 0 Å². The summed E-state index contributed by atoms with van der Waals surface area (Å²) in [5.74, 6) is 0. The second kappa shape index (κ2) is 2.77. The molecular weight excluding hydrogens is 214 g/mol. The Hall–Kier alpha value is -1.95. The molecule has 0 unspecified atom stereocenters. The van der Waals surface area contributed by atoms with E-state index >= 15 is 0 Å². The van der Waals surface area contributed by atoms with Crippen LogP contribution in [-0.4, -0.2) is 14.4 Å². The van der Waals surface area contributed by atoms with Crippen LogP contribution in [0.2, 0.25) is 0 Å². The van der Waals surface area contributed by atoms with Gasteiger partial charge in [0.05, 0.1) is 10.2 Å². The molecule has 0 radical (unpaired) electrons. The lowest BCUT2D eigenvalue weighted by Gasteiger charge is -1.90. The topological polar surface area (TPSA) is 67.2 Å². The minimum absolute atomic E-state index is 0.421. The third kappa shape index (κ3) is 1.11. The number of nitrogens with zero attached hydrogens (tertiary/aromatic N) is 2. The summed E-state index contributed by atoms with van der Waals surface area (Å²) in [6.07, 6.45) is 0. The molecule has 0 aliphatic rings. The zero-order chi connectivity index (χ0) is 10.4. The Morgan fingerprint density at radius 1 is 1.27 bits per heavy atom. The highest BCUT2D eigenvalue weighted by molar-refractivity contribution is 7.23. The predicted octanol–water partition coefficient (Wildman–Crippen LogP) is 0.597. The van der Waals surface area contributed by atoms with E-state index in [0.717, 1.165) is 10.2 Å². The van der Waals surface area contributed by atoms with Crippen molar-refractivity contribution in [3.05, 3.63) is 45.2 Å². The summed E-state index contributed by atoms with van der Waals surface area (Å²) in [5.41, 5.74) is -0.278. The van der Waals surface area contributed by atoms with Gasteiger partial charge in [0, 0.05) is 0 Å². The maximum atomic E-state index is 11.5. The van der Waals surface area contributed by atoms with Gasteiger partial charge in [-0.2, -0.15) is 4.98 Å².